The van der Waals surface area contributed by atoms with Gasteiger partial charge in [0.05, 0.1) is 36.7 Å². The minimum absolute atomic E-state index is 0. The van der Waals surface area contributed by atoms with Gasteiger partial charge in [-0.2, -0.15) is 0 Å². The van der Waals surface area contributed by atoms with Gasteiger partial charge in [-0.1, -0.05) is 12.1 Å². The molecule has 1 aliphatic rings. The molecule has 0 amide bonds. The fraction of sp³-hybridized carbons (Fsp3) is 0.172. The van der Waals surface area contributed by atoms with Crippen molar-refractivity contribution in [2.75, 3.05) is 7.11 Å². The van der Waals surface area contributed by atoms with Gasteiger partial charge in [-0.05, 0) is 66.9 Å². The maximum atomic E-state index is 13.8. The summed E-state index contributed by atoms with van der Waals surface area (Å²) in [6, 6.07) is 13.1. The Kier molecular flexibility index (Phi) is 9.93. The largest absolute Gasteiger partial charge is 1.00 e. The van der Waals surface area contributed by atoms with Crippen LogP contribution in [0.15, 0.2) is 73.3 Å². The molecular weight excluding hydrogens is 514 g/mol. The summed E-state index contributed by atoms with van der Waals surface area (Å²) < 4.78 is 24.2. The number of methoxy groups -OCH3 is 1. The number of carbonyl (C=O) groups excluding carboxylic acids is 1. The number of nitrogens with zero attached hydrogens (tertiary/aromatic N) is 2. The second kappa shape index (κ2) is 12.9. The fourth-order valence-electron chi connectivity index (χ4n) is 4.22. The molecule has 0 saturated heterocycles. The van der Waals surface area contributed by atoms with Crippen molar-refractivity contribution in [2.24, 2.45) is 0 Å². The van der Waals surface area contributed by atoms with E-state index in [1.54, 1.807) is 37.5 Å². The van der Waals surface area contributed by atoms with E-state index in [0.29, 0.717) is 22.3 Å². The number of carbonyl (C=O) groups is 2. The second-order valence-corrected chi connectivity index (χ2v) is 8.56. The molecule has 0 saturated carbocycles. The number of hydrogen-bond donors (Lipinski definition) is 2. The second-order valence-electron chi connectivity index (χ2n) is 8.56. The first kappa shape index (κ1) is 29.9. The van der Waals surface area contributed by atoms with Crippen LogP contribution in [0.3, 0.4) is 0 Å². The third kappa shape index (κ3) is 6.51. The number of pyridine rings is 2. The monoisotopic (exact) mass is 540 g/mol. The first-order valence-corrected chi connectivity index (χ1v) is 11.7. The fourth-order valence-corrected chi connectivity index (χ4v) is 4.22. The topological polar surface area (TPSA) is 119 Å². The predicted molar refractivity (Wildman–Crippen MR) is 138 cm³/mol. The summed E-state index contributed by atoms with van der Waals surface area (Å²) in [7, 11) is 1.28. The minimum atomic E-state index is -0.925. The van der Waals surface area contributed by atoms with E-state index in [9.17, 15) is 19.1 Å². The number of fused-ring (bicyclic) bond motifs is 3. The van der Waals surface area contributed by atoms with Gasteiger partial charge in [-0.25, -0.2) is 14.0 Å². The molecule has 39 heavy (non-hydrogen) atoms. The van der Waals surface area contributed by atoms with Crippen LogP contribution < -0.4 is 34.3 Å². The van der Waals surface area contributed by atoms with Crippen molar-refractivity contribution >= 4 is 11.9 Å². The molecule has 2 N–H and O–H groups in total. The summed E-state index contributed by atoms with van der Waals surface area (Å²) in [5, 5.41) is 18.9. The molecule has 196 valence electrons. The van der Waals surface area contributed by atoms with Crippen LogP contribution in [-0.4, -0.2) is 39.2 Å². The predicted octanol–water partition coefficient (Wildman–Crippen LogP) is 2.74. The van der Waals surface area contributed by atoms with Crippen LogP contribution in [0.2, 0.25) is 0 Å². The Morgan fingerprint density at radius 3 is 2.26 bits per heavy atom. The molecule has 1 aliphatic heterocycles. The van der Waals surface area contributed by atoms with Gasteiger partial charge >= 0.3 is 41.5 Å². The van der Waals surface area contributed by atoms with Crippen molar-refractivity contribution in [3.63, 3.8) is 0 Å². The van der Waals surface area contributed by atoms with Gasteiger partial charge in [0.15, 0.2) is 0 Å². The van der Waals surface area contributed by atoms with Crippen molar-refractivity contribution in [1.82, 2.24) is 9.97 Å². The Bertz CT molecular complexity index is 1520. The molecule has 5 rings (SSSR count). The van der Waals surface area contributed by atoms with Gasteiger partial charge < -0.3 is 21.1 Å². The third-order valence-electron chi connectivity index (χ3n) is 6.10. The smallest absolute Gasteiger partial charge is 1.00 e. The van der Waals surface area contributed by atoms with Crippen LogP contribution in [-0.2, 0) is 4.74 Å². The number of rotatable bonds is 4. The van der Waals surface area contributed by atoms with Gasteiger partial charge in [0.1, 0.15) is 17.7 Å². The maximum absolute atomic E-state index is 13.8. The Morgan fingerprint density at radius 1 is 0.974 bits per heavy atom. The van der Waals surface area contributed by atoms with Crippen LogP contribution in [0.25, 0.3) is 22.3 Å². The molecule has 4 aromatic rings. The first-order chi connectivity index (χ1) is 18.2. The van der Waals surface area contributed by atoms with E-state index in [1.165, 1.54) is 31.5 Å². The number of benzene rings is 2. The van der Waals surface area contributed by atoms with E-state index in [2.05, 4.69) is 14.7 Å². The average Bonchev–Trinajstić information content (AvgIpc) is 2.93. The number of aromatic nitrogens is 2. The number of aromatic carboxylic acids is 1. The first-order valence-electron chi connectivity index (χ1n) is 11.7. The molecule has 0 fully saturated rings. The van der Waals surface area contributed by atoms with E-state index in [1.807, 2.05) is 19.1 Å². The Labute approximate surface area is 248 Å². The molecule has 8 nitrogen and oxygen atoms in total. The van der Waals surface area contributed by atoms with Gasteiger partial charge in [0.2, 0.25) is 0 Å². The number of carboxylic acids is 1. The third-order valence-corrected chi connectivity index (χ3v) is 6.10. The maximum Gasteiger partial charge on any atom is 1.00 e. The van der Waals surface area contributed by atoms with Gasteiger partial charge in [-0.3, -0.25) is 9.97 Å². The number of esters is 1. The van der Waals surface area contributed by atoms with Crippen molar-refractivity contribution in [3.05, 3.63) is 101 Å². The van der Waals surface area contributed by atoms with Crippen LogP contribution >= 0.6 is 0 Å². The molecule has 2 aromatic carbocycles. The molecule has 0 bridgehead atoms. The quantitative estimate of drug-likeness (QED) is 0.300. The van der Waals surface area contributed by atoms with E-state index in [-0.39, 0.29) is 42.7 Å². The van der Waals surface area contributed by atoms with Crippen molar-refractivity contribution in [1.29, 1.82) is 0 Å². The Morgan fingerprint density at radius 2 is 1.62 bits per heavy atom. The van der Waals surface area contributed by atoms with Crippen LogP contribution in [0.5, 0.6) is 5.75 Å². The molecule has 10 heteroatoms. The number of aliphatic hydroxyl groups is 1. The number of carboxylic acid groups (broad SMARTS) is 1. The van der Waals surface area contributed by atoms with E-state index in [4.69, 9.17) is 9.84 Å². The molecule has 2 unspecified atom stereocenters. The van der Waals surface area contributed by atoms with E-state index < -0.39 is 23.9 Å². The number of aliphatic hydroxyl groups excluding tert-OH is 1. The number of ether oxygens (including phenoxy) is 2. The molecule has 0 spiro atoms. The average molecular weight is 541 g/mol. The minimum Gasteiger partial charge on any atom is -1.00 e. The van der Waals surface area contributed by atoms with Crippen molar-refractivity contribution in [2.45, 2.75) is 26.1 Å². The van der Waals surface area contributed by atoms with E-state index >= 15 is 0 Å². The number of halogens is 1. The zero-order valence-corrected chi connectivity index (χ0v) is 23.9. The van der Waals surface area contributed by atoms with Gasteiger partial charge in [0.25, 0.3) is 0 Å². The zero-order chi connectivity index (χ0) is 27.4. The Balaban J connectivity index is 0.000000268. The summed E-state index contributed by atoms with van der Waals surface area (Å²) in [5.41, 5.74) is 4.75. The molecule has 0 radical (unpaired) electrons. The molecule has 2 aromatic heterocycles. The van der Waals surface area contributed by atoms with Crippen LogP contribution in [0.1, 0.15) is 59.3 Å². The summed E-state index contributed by atoms with van der Waals surface area (Å²) >= 11 is 0. The van der Waals surface area contributed by atoms with Crippen molar-refractivity contribution in [3.8, 4) is 28.0 Å². The molecule has 0 aliphatic carbocycles. The normalized spacial score (nSPS) is 13.7. The summed E-state index contributed by atoms with van der Waals surface area (Å²) in [6.07, 6.45) is 4.94. The van der Waals surface area contributed by atoms with E-state index in [0.717, 1.165) is 28.6 Å². The van der Waals surface area contributed by atoms with Gasteiger partial charge in [0, 0.05) is 29.1 Å². The Hall–Kier alpha value is -3.63. The summed E-state index contributed by atoms with van der Waals surface area (Å²) in [6.45, 7) is 3.46. The molecule has 2 atom stereocenters. The zero-order valence-electron chi connectivity index (χ0n) is 22.9. The van der Waals surface area contributed by atoms with Crippen molar-refractivity contribution < 1.29 is 64.7 Å². The number of hydrogen-bond acceptors (Lipinski definition) is 7. The summed E-state index contributed by atoms with van der Waals surface area (Å²) in [5.74, 6) is -1.18. The van der Waals surface area contributed by atoms with Gasteiger partial charge in [-0.15, -0.1) is 0 Å². The SMILES string of the molecule is CC1Oc2cnccc2-c2ccc(C(=O)O)cc21.COC(=O)c1ccc(-c2ccncc2F)c(C(C)O)c1.[H-].[Na+]. The molecule has 3 heterocycles. The standard InChI is InChI=1S/C15H14FNO3.C14H11NO3.Na.H/c1-9(18)13-7-10(15(19)20-2)3-4-11(13)12-5-6-17-8-14(12)16;1-8-12-6-9(14(16)17)2-3-10(12)11-4-5-15-7-13(11)18-8;;/h3-9,18H,1-2H3;2-8H,1H3,(H,16,17);;/q;;+1;-1. The molecular formula is C29H26FN2NaO6. The van der Waals surface area contributed by atoms with Crippen LogP contribution in [0, 0.1) is 5.82 Å². The summed E-state index contributed by atoms with van der Waals surface area (Å²) in [4.78, 5) is 30.2. The van der Waals surface area contributed by atoms with Crippen LogP contribution in [0.4, 0.5) is 4.39 Å².